The molecule has 3 atom stereocenters. The average molecular weight is 271 g/mol. The Morgan fingerprint density at radius 1 is 1.21 bits per heavy atom. The van der Waals surface area contributed by atoms with Crippen LogP contribution in [-0.2, 0) is 4.74 Å². The van der Waals surface area contributed by atoms with Crippen LogP contribution in [0.15, 0.2) is 0 Å². The fraction of sp³-hybridized carbons (Fsp3) is 1.00. The van der Waals surface area contributed by atoms with Crippen LogP contribution >= 0.6 is 0 Å². The molecule has 0 bridgehead atoms. The van der Waals surface area contributed by atoms with E-state index >= 15 is 0 Å². The van der Waals surface area contributed by atoms with Gasteiger partial charge in [0.25, 0.3) is 0 Å². The van der Waals surface area contributed by atoms with Gasteiger partial charge in [0.15, 0.2) is 0 Å². The Bertz CT molecular complexity index is 211. The molecule has 114 valence electrons. The first-order chi connectivity index (χ1) is 9.24. The summed E-state index contributed by atoms with van der Waals surface area (Å²) in [4.78, 5) is 0. The standard InChI is InChI=1S/C16H33NO2/c1-3-4-5-8-11-17-12-15(18)13-19-16-10-7-6-9-14(16)2/h14-18H,3-13H2,1-2H3/t14-,15+,16+/m1/s1. The lowest BCUT2D eigenvalue weighted by molar-refractivity contribution is -0.0451. The van der Waals surface area contributed by atoms with E-state index in [1.807, 2.05) is 0 Å². The highest BCUT2D eigenvalue weighted by molar-refractivity contribution is 4.73. The van der Waals surface area contributed by atoms with Gasteiger partial charge >= 0.3 is 0 Å². The van der Waals surface area contributed by atoms with Gasteiger partial charge in [0, 0.05) is 6.54 Å². The predicted octanol–water partition coefficient (Wildman–Crippen LogP) is 3.11. The zero-order valence-electron chi connectivity index (χ0n) is 12.9. The van der Waals surface area contributed by atoms with E-state index in [2.05, 4.69) is 19.2 Å². The molecule has 0 amide bonds. The van der Waals surface area contributed by atoms with Gasteiger partial charge in [-0.25, -0.2) is 0 Å². The van der Waals surface area contributed by atoms with Crippen LogP contribution in [0.25, 0.3) is 0 Å². The summed E-state index contributed by atoms with van der Waals surface area (Å²) in [6.45, 7) is 6.64. The lowest BCUT2D eigenvalue weighted by Gasteiger charge is -2.29. The van der Waals surface area contributed by atoms with Crippen molar-refractivity contribution in [2.24, 2.45) is 5.92 Å². The first-order valence-corrected chi connectivity index (χ1v) is 8.24. The second-order valence-electron chi connectivity index (χ2n) is 6.05. The van der Waals surface area contributed by atoms with E-state index < -0.39 is 0 Å². The number of hydrogen-bond acceptors (Lipinski definition) is 3. The van der Waals surface area contributed by atoms with Crippen molar-refractivity contribution in [1.29, 1.82) is 0 Å². The lowest BCUT2D eigenvalue weighted by atomic mass is 9.88. The van der Waals surface area contributed by atoms with E-state index in [-0.39, 0.29) is 6.10 Å². The molecule has 0 unspecified atom stereocenters. The molecule has 1 saturated carbocycles. The molecule has 0 aromatic carbocycles. The molecule has 0 aliphatic heterocycles. The number of nitrogens with one attached hydrogen (secondary N) is 1. The monoisotopic (exact) mass is 271 g/mol. The number of aliphatic hydroxyl groups excluding tert-OH is 1. The van der Waals surface area contributed by atoms with Crippen LogP contribution < -0.4 is 5.32 Å². The fourth-order valence-electron chi connectivity index (χ4n) is 2.77. The molecule has 0 spiro atoms. The number of aliphatic hydroxyl groups is 1. The molecule has 1 aliphatic carbocycles. The first kappa shape index (κ1) is 16.9. The van der Waals surface area contributed by atoms with Crippen LogP contribution in [0.2, 0.25) is 0 Å². The normalized spacial score (nSPS) is 25.4. The van der Waals surface area contributed by atoms with Gasteiger partial charge in [-0.3, -0.25) is 0 Å². The summed E-state index contributed by atoms with van der Waals surface area (Å²) in [6, 6.07) is 0. The van der Waals surface area contributed by atoms with E-state index in [9.17, 15) is 5.11 Å². The molecule has 3 heteroatoms. The van der Waals surface area contributed by atoms with Gasteiger partial charge in [-0.2, -0.15) is 0 Å². The maximum atomic E-state index is 9.88. The molecular formula is C16H33NO2. The van der Waals surface area contributed by atoms with E-state index in [0.29, 0.717) is 25.2 Å². The molecule has 0 radical (unpaired) electrons. The summed E-state index contributed by atoms with van der Waals surface area (Å²) < 4.78 is 5.86. The van der Waals surface area contributed by atoms with E-state index in [1.54, 1.807) is 0 Å². The third-order valence-electron chi connectivity index (χ3n) is 4.12. The van der Waals surface area contributed by atoms with Crippen molar-refractivity contribution >= 4 is 0 Å². The van der Waals surface area contributed by atoms with Gasteiger partial charge in [-0.05, 0) is 31.7 Å². The maximum Gasteiger partial charge on any atom is 0.0897 e. The van der Waals surface area contributed by atoms with Gasteiger partial charge in [0.2, 0.25) is 0 Å². The van der Waals surface area contributed by atoms with Crippen LogP contribution in [0.3, 0.4) is 0 Å². The Hall–Kier alpha value is -0.120. The third-order valence-corrected chi connectivity index (χ3v) is 4.12. The molecule has 19 heavy (non-hydrogen) atoms. The minimum atomic E-state index is -0.361. The maximum absolute atomic E-state index is 9.88. The van der Waals surface area contributed by atoms with Crippen LogP contribution in [0.4, 0.5) is 0 Å². The molecule has 0 aromatic heterocycles. The van der Waals surface area contributed by atoms with Crippen molar-refractivity contribution < 1.29 is 9.84 Å². The van der Waals surface area contributed by atoms with Gasteiger partial charge < -0.3 is 15.2 Å². The Morgan fingerprint density at radius 2 is 2.00 bits per heavy atom. The van der Waals surface area contributed by atoms with Crippen LogP contribution in [0, 0.1) is 5.92 Å². The Balaban J connectivity index is 1.96. The molecule has 0 aromatic rings. The third kappa shape index (κ3) is 7.91. The van der Waals surface area contributed by atoms with Crippen LogP contribution in [0.1, 0.15) is 65.2 Å². The minimum absolute atomic E-state index is 0.361. The molecule has 1 rings (SSSR count). The molecule has 1 fully saturated rings. The number of unbranched alkanes of at least 4 members (excludes halogenated alkanes) is 3. The Labute approximate surface area is 119 Å². The van der Waals surface area contributed by atoms with E-state index in [4.69, 9.17) is 4.74 Å². The van der Waals surface area contributed by atoms with Crippen molar-refractivity contribution in [3.63, 3.8) is 0 Å². The minimum Gasteiger partial charge on any atom is -0.389 e. The highest BCUT2D eigenvalue weighted by Crippen LogP contribution is 2.26. The van der Waals surface area contributed by atoms with Gasteiger partial charge in [-0.15, -0.1) is 0 Å². The smallest absolute Gasteiger partial charge is 0.0897 e. The molecular weight excluding hydrogens is 238 g/mol. The van der Waals surface area contributed by atoms with Gasteiger partial charge in [0.05, 0.1) is 18.8 Å². The largest absolute Gasteiger partial charge is 0.389 e. The van der Waals surface area contributed by atoms with Crippen molar-refractivity contribution in [1.82, 2.24) is 5.32 Å². The molecule has 0 saturated heterocycles. The first-order valence-electron chi connectivity index (χ1n) is 8.24. The van der Waals surface area contributed by atoms with Crippen LogP contribution in [-0.4, -0.2) is 37.0 Å². The molecule has 0 heterocycles. The van der Waals surface area contributed by atoms with Crippen molar-refractivity contribution in [3.8, 4) is 0 Å². The highest BCUT2D eigenvalue weighted by Gasteiger charge is 2.22. The van der Waals surface area contributed by atoms with Crippen molar-refractivity contribution in [3.05, 3.63) is 0 Å². The Kier molecular flexibility index (Phi) is 9.48. The summed E-state index contributed by atoms with van der Waals surface area (Å²) in [5, 5.41) is 13.2. The Morgan fingerprint density at radius 3 is 2.74 bits per heavy atom. The SMILES string of the molecule is CCCCCCNC[C@H](O)CO[C@H]1CCCC[C@H]1C. The second-order valence-corrected chi connectivity index (χ2v) is 6.05. The van der Waals surface area contributed by atoms with Crippen molar-refractivity contribution in [2.45, 2.75) is 77.4 Å². The van der Waals surface area contributed by atoms with Gasteiger partial charge in [-0.1, -0.05) is 46.0 Å². The summed E-state index contributed by atoms with van der Waals surface area (Å²) in [7, 11) is 0. The zero-order valence-corrected chi connectivity index (χ0v) is 12.9. The van der Waals surface area contributed by atoms with Gasteiger partial charge in [0.1, 0.15) is 0 Å². The lowest BCUT2D eigenvalue weighted by Crippen LogP contribution is -2.34. The average Bonchev–Trinajstić information content (AvgIpc) is 2.42. The highest BCUT2D eigenvalue weighted by atomic mass is 16.5. The van der Waals surface area contributed by atoms with E-state index in [1.165, 1.54) is 51.4 Å². The van der Waals surface area contributed by atoms with E-state index in [0.717, 1.165) is 6.54 Å². The predicted molar refractivity (Wildman–Crippen MR) is 80.4 cm³/mol. The summed E-state index contributed by atoms with van der Waals surface area (Å²) in [6.07, 6.45) is 10.1. The zero-order chi connectivity index (χ0) is 13.9. The molecule has 1 aliphatic rings. The summed E-state index contributed by atoms with van der Waals surface area (Å²) in [5.74, 6) is 0.656. The van der Waals surface area contributed by atoms with Crippen LogP contribution in [0.5, 0.6) is 0 Å². The number of ether oxygens (including phenoxy) is 1. The number of hydrogen-bond donors (Lipinski definition) is 2. The number of rotatable bonds is 10. The quantitative estimate of drug-likeness (QED) is 0.600. The summed E-state index contributed by atoms with van der Waals surface area (Å²) in [5.41, 5.74) is 0. The fourth-order valence-corrected chi connectivity index (χ4v) is 2.77. The topological polar surface area (TPSA) is 41.5 Å². The second kappa shape index (κ2) is 10.6. The molecule has 2 N–H and O–H groups in total. The summed E-state index contributed by atoms with van der Waals surface area (Å²) >= 11 is 0. The molecule has 3 nitrogen and oxygen atoms in total. The van der Waals surface area contributed by atoms with Crippen molar-refractivity contribution in [2.75, 3.05) is 19.7 Å².